The Balaban J connectivity index is 1.72. The minimum atomic E-state index is 0.302. The van der Waals surface area contributed by atoms with Gasteiger partial charge in [-0.3, -0.25) is 0 Å². The first-order chi connectivity index (χ1) is 12.1. The van der Waals surface area contributed by atoms with Crippen LogP contribution in [0.25, 0.3) is 15.7 Å². The number of likely N-dealkylation sites (N-methyl/N-ethyl adjacent to an activating group) is 1. The van der Waals surface area contributed by atoms with Crippen molar-refractivity contribution in [3.8, 4) is 21.5 Å². The molecule has 0 amide bonds. The molecule has 25 heavy (non-hydrogen) atoms. The standard InChI is InChI=1S/C15H19N7OS2/c1-21(2)8-9-23-11-6-4-10(5-7-11)12-18-19-15(25-12)22-13(16)17-14(20-22)24-3/h4-7H,8-9H2,1-3H3,(H2,16,17,20). The van der Waals surface area contributed by atoms with Crippen molar-refractivity contribution in [1.82, 2.24) is 29.9 Å². The first-order valence-corrected chi connectivity index (χ1v) is 9.59. The van der Waals surface area contributed by atoms with Gasteiger partial charge in [0, 0.05) is 12.1 Å². The minimum Gasteiger partial charge on any atom is -0.492 e. The van der Waals surface area contributed by atoms with Crippen molar-refractivity contribution >= 4 is 29.0 Å². The zero-order chi connectivity index (χ0) is 17.8. The van der Waals surface area contributed by atoms with E-state index in [1.54, 1.807) is 0 Å². The lowest BCUT2D eigenvalue weighted by Crippen LogP contribution is -2.19. The van der Waals surface area contributed by atoms with Gasteiger partial charge in [-0.1, -0.05) is 23.1 Å². The van der Waals surface area contributed by atoms with Crippen molar-refractivity contribution in [1.29, 1.82) is 0 Å². The van der Waals surface area contributed by atoms with Gasteiger partial charge >= 0.3 is 0 Å². The van der Waals surface area contributed by atoms with E-state index >= 15 is 0 Å². The number of anilines is 1. The van der Waals surface area contributed by atoms with E-state index < -0.39 is 0 Å². The number of ether oxygens (including phenoxy) is 1. The molecule has 0 unspecified atom stereocenters. The summed E-state index contributed by atoms with van der Waals surface area (Å²) >= 11 is 2.83. The van der Waals surface area contributed by atoms with E-state index in [1.807, 2.05) is 44.6 Å². The van der Waals surface area contributed by atoms with Gasteiger partial charge in [0.2, 0.25) is 16.2 Å². The highest BCUT2D eigenvalue weighted by Crippen LogP contribution is 2.28. The molecule has 8 nitrogen and oxygen atoms in total. The molecule has 2 aromatic heterocycles. The second-order valence-electron chi connectivity index (χ2n) is 5.43. The van der Waals surface area contributed by atoms with Crippen molar-refractivity contribution < 1.29 is 4.74 Å². The Kier molecular flexibility index (Phi) is 5.51. The summed E-state index contributed by atoms with van der Waals surface area (Å²) in [4.78, 5) is 6.23. The van der Waals surface area contributed by atoms with Crippen LogP contribution in [-0.4, -0.2) is 63.4 Å². The molecular formula is C15H19N7OS2. The van der Waals surface area contributed by atoms with E-state index in [2.05, 4.69) is 25.2 Å². The Labute approximate surface area is 154 Å². The SMILES string of the molecule is CSc1nc(N)n(-c2nnc(-c3ccc(OCCN(C)C)cc3)s2)n1. The van der Waals surface area contributed by atoms with Crippen molar-refractivity contribution in [2.24, 2.45) is 0 Å². The molecule has 132 valence electrons. The monoisotopic (exact) mass is 377 g/mol. The number of hydrogen-bond donors (Lipinski definition) is 1. The zero-order valence-electron chi connectivity index (χ0n) is 14.2. The summed E-state index contributed by atoms with van der Waals surface area (Å²) in [6.45, 7) is 1.53. The van der Waals surface area contributed by atoms with Gasteiger partial charge in [-0.15, -0.1) is 15.3 Å². The third kappa shape index (κ3) is 4.27. The molecule has 0 aliphatic heterocycles. The molecule has 0 fully saturated rings. The Hall–Kier alpha value is -2.17. The van der Waals surface area contributed by atoms with E-state index in [9.17, 15) is 0 Å². The average Bonchev–Trinajstić information content (AvgIpc) is 3.21. The van der Waals surface area contributed by atoms with Gasteiger partial charge in [0.05, 0.1) is 0 Å². The van der Waals surface area contributed by atoms with Crippen LogP contribution in [0.5, 0.6) is 5.75 Å². The highest BCUT2D eigenvalue weighted by atomic mass is 32.2. The lowest BCUT2D eigenvalue weighted by Gasteiger charge is -2.10. The second kappa shape index (κ2) is 7.81. The van der Waals surface area contributed by atoms with Crippen LogP contribution >= 0.6 is 23.1 Å². The molecule has 10 heteroatoms. The molecular weight excluding hydrogens is 358 g/mol. The lowest BCUT2D eigenvalue weighted by atomic mass is 10.2. The molecule has 1 aromatic carbocycles. The summed E-state index contributed by atoms with van der Waals surface area (Å²) in [7, 11) is 4.03. The number of nitrogens with two attached hydrogens (primary N) is 1. The van der Waals surface area contributed by atoms with Crippen molar-refractivity contribution in [3.63, 3.8) is 0 Å². The van der Waals surface area contributed by atoms with Gasteiger partial charge in [-0.05, 0) is 44.6 Å². The topological polar surface area (TPSA) is 95.0 Å². The summed E-state index contributed by atoms with van der Waals surface area (Å²) in [5.74, 6) is 1.14. The van der Waals surface area contributed by atoms with Crippen LogP contribution in [0.3, 0.4) is 0 Å². The summed E-state index contributed by atoms with van der Waals surface area (Å²) < 4.78 is 7.20. The Bertz CT molecular complexity index is 829. The van der Waals surface area contributed by atoms with Crippen molar-refractivity contribution in [2.45, 2.75) is 5.16 Å². The van der Waals surface area contributed by atoms with Crippen LogP contribution in [0.15, 0.2) is 29.4 Å². The maximum absolute atomic E-state index is 5.88. The number of thioether (sulfide) groups is 1. The van der Waals surface area contributed by atoms with Gasteiger partial charge in [-0.2, -0.15) is 9.67 Å². The normalized spacial score (nSPS) is 11.2. The number of hydrogen-bond acceptors (Lipinski definition) is 9. The van der Waals surface area contributed by atoms with Crippen molar-refractivity contribution in [2.75, 3.05) is 39.2 Å². The Morgan fingerprint density at radius 1 is 1.24 bits per heavy atom. The van der Waals surface area contributed by atoms with Crippen molar-refractivity contribution in [3.05, 3.63) is 24.3 Å². The minimum absolute atomic E-state index is 0.302. The maximum atomic E-state index is 5.88. The predicted molar refractivity (Wildman–Crippen MR) is 101 cm³/mol. The molecule has 0 atom stereocenters. The van der Waals surface area contributed by atoms with Crippen LogP contribution in [-0.2, 0) is 0 Å². The van der Waals surface area contributed by atoms with E-state index in [0.29, 0.717) is 22.8 Å². The number of rotatable bonds is 7. The molecule has 0 spiro atoms. The van der Waals surface area contributed by atoms with Crippen LogP contribution in [0.4, 0.5) is 5.95 Å². The molecule has 3 rings (SSSR count). The molecule has 2 N–H and O–H groups in total. The number of benzene rings is 1. The number of aromatic nitrogens is 5. The molecule has 0 aliphatic rings. The highest BCUT2D eigenvalue weighted by molar-refractivity contribution is 7.98. The third-order valence-electron chi connectivity index (χ3n) is 3.30. The molecule has 3 aromatic rings. The van der Waals surface area contributed by atoms with Crippen LogP contribution in [0, 0.1) is 0 Å². The first kappa shape index (κ1) is 17.6. The quantitative estimate of drug-likeness (QED) is 0.625. The lowest BCUT2D eigenvalue weighted by molar-refractivity contribution is 0.261. The molecule has 0 bridgehead atoms. The summed E-state index contributed by atoms with van der Waals surface area (Å²) in [5.41, 5.74) is 6.84. The van der Waals surface area contributed by atoms with Gasteiger partial charge in [0.1, 0.15) is 17.4 Å². The largest absolute Gasteiger partial charge is 0.492 e. The van der Waals surface area contributed by atoms with E-state index in [0.717, 1.165) is 22.9 Å². The molecule has 0 aliphatic carbocycles. The number of nitrogens with zero attached hydrogens (tertiary/aromatic N) is 6. The van der Waals surface area contributed by atoms with Gasteiger partial charge < -0.3 is 15.4 Å². The fraction of sp³-hybridized carbons (Fsp3) is 0.333. The average molecular weight is 377 g/mol. The molecule has 0 saturated carbocycles. The van der Waals surface area contributed by atoms with E-state index in [1.165, 1.54) is 27.8 Å². The summed E-state index contributed by atoms with van der Waals surface area (Å²) in [6.07, 6.45) is 1.90. The predicted octanol–water partition coefficient (Wildman–Crippen LogP) is 2.03. The van der Waals surface area contributed by atoms with Gasteiger partial charge in [-0.25, -0.2) is 0 Å². The zero-order valence-corrected chi connectivity index (χ0v) is 15.8. The number of nitrogen functional groups attached to an aromatic ring is 1. The maximum Gasteiger partial charge on any atom is 0.236 e. The van der Waals surface area contributed by atoms with E-state index in [-0.39, 0.29) is 0 Å². The fourth-order valence-corrected chi connectivity index (χ4v) is 3.15. The van der Waals surface area contributed by atoms with Gasteiger partial charge in [0.15, 0.2) is 0 Å². The fourth-order valence-electron chi connectivity index (χ4n) is 1.99. The Morgan fingerprint density at radius 2 is 2.00 bits per heavy atom. The molecule has 0 saturated heterocycles. The summed E-state index contributed by atoms with van der Waals surface area (Å²) in [6, 6.07) is 7.80. The van der Waals surface area contributed by atoms with Crippen LogP contribution < -0.4 is 10.5 Å². The Morgan fingerprint density at radius 3 is 2.64 bits per heavy atom. The van der Waals surface area contributed by atoms with E-state index in [4.69, 9.17) is 10.5 Å². The highest BCUT2D eigenvalue weighted by Gasteiger charge is 2.14. The molecule has 2 heterocycles. The van der Waals surface area contributed by atoms with Crippen LogP contribution in [0.2, 0.25) is 0 Å². The smallest absolute Gasteiger partial charge is 0.236 e. The second-order valence-corrected chi connectivity index (χ2v) is 7.16. The summed E-state index contributed by atoms with van der Waals surface area (Å²) in [5, 5.41) is 14.7. The first-order valence-electron chi connectivity index (χ1n) is 7.55. The molecule has 0 radical (unpaired) electrons. The third-order valence-corrected chi connectivity index (χ3v) is 4.79. The van der Waals surface area contributed by atoms with Gasteiger partial charge in [0.25, 0.3) is 0 Å². The van der Waals surface area contributed by atoms with Crippen LogP contribution in [0.1, 0.15) is 0 Å².